The first-order valence-electron chi connectivity index (χ1n) is 7.87. The number of amides is 1. The lowest BCUT2D eigenvalue weighted by Crippen LogP contribution is -2.39. The van der Waals surface area contributed by atoms with Crippen molar-refractivity contribution in [2.45, 2.75) is 32.1 Å². The number of carbonyl (C=O) groups is 1. The van der Waals surface area contributed by atoms with E-state index in [1.807, 2.05) is 6.07 Å². The Morgan fingerprint density at radius 1 is 1.29 bits per heavy atom. The van der Waals surface area contributed by atoms with Crippen molar-refractivity contribution in [3.05, 3.63) is 24.3 Å². The van der Waals surface area contributed by atoms with E-state index in [4.69, 9.17) is 0 Å². The van der Waals surface area contributed by atoms with Crippen LogP contribution in [0.3, 0.4) is 0 Å². The van der Waals surface area contributed by atoms with Crippen LogP contribution in [0.1, 0.15) is 42.6 Å². The molecule has 3 saturated carbocycles. The van der Waals surface area contributed by atoms with Crippen molar-refractivity contribution in [2.24, 2.45) is 17.8 Å². The molecule has 5 heteroatoms. The number of H-pyrrole nitrogens is 1. The first kappa shape index (κ1) is 12.8. The zero-order chi connectivity index (χ0) is 14.2. The molecule has 21 heavy (non-hydrogen) atoms. The highest BCUT2D eigenvalue weighted by atomic mass is 16.1. The Hall–Kier alpha value is -1.91. The van der Waals surface area contributed by atoms with Gasteiger partial charge in [-0.1, -0.05) is 12.8 Å². The summed E-state index contributed by atoms with van der Waals surface area (Å²) >= 11 is 0. The molecule has 3 fully saturated rings. The maximum Gasteiger partial charge on any atom is 0.270 e. The summed E-state index contributed by atoms with van der Waals surface area (Å²) in [6.45, 7) is 0.788. The highest BCUT2D eigenvalue weighted by Gasteiger charge is 2.35. The van der Waals surface area contributed by atoms with Gasteiger partial charge in [-0.25, -0.2) is 9.97 Å². The van der Waals surface area contributed by atoms with E-state index < -0.39 is 0 Å². The lowest BCUT2D eigenvalue weighted by atomic mass is 9.65. The minimum Gasteiger partial charge on any atom is -0.350 e. The third-order valence-corrected chi connectivity index (χ3v) is 5.29. The van der Waals surface area contributed by atoms with Gasteiger partial charge in [0.25, 0.3) is 5.91 Å². The summed E-state index contributed by atoms with van der Waals surface area (Å²) in [5, 5.41) is 3.88. The average Bonchev–Trinajstić information content (AvgIpc) is 3.02. The number of rotatable bonds is 3. The second-order valence-corrected chi connectivity index (χ2v) is 6.45. The Morgan fingerprint density at radius 3 is 2.90 bits per heavy atom. The van der Waals surface area contributed by atoms with E-state index in [-0.39, 0.29) is 5.91 Å². The molecule has 3 aliphatic rings. The Morgan fingerprint density at radius 2 is 2.14 bits per heavy atom. The first-order chi connectivity index (χ1) is 10.3. The molecule has 1 atom stereocenters. The minimum absolute atomic E-state index is 0.0801. The summed E-state index contributed by atoms with van der Waals surface area (Å²) in [5.41, 5.74) is 1.19. The van der Waals surface area contributed by atoms with E-state index in [1.54, 1.807) is 6.20 Å². The van der Waals surface area contributed by atoms with E-state index in [2.05, 4.69) is 20.3 Å². The van der Waals surface area contributed by atoms with Crippen LogP contribution >= 0.6 is 0 Å². The van der Waals surface area contributed by atoms with Gasteiger partial charge in [0.1, 0.15) is 17.7 Å². The maximum absolute atomic E-state index is 12.4. The molecule has 0 saturated heterocycles. The Bertz CT molecular complexity index is 657. The average molecular weight is 284 g/mol. The number of nitrogens with zero attached hydrogens (tertiary/aromatic N) is 2. The van der Waals surface area contributed by atoms with Crippen molar-refractivity contribution >= 4 is 16.9 Å². The SMILES string of the molecule is O=C(NCC1CC2CCC1CC2)c1ncnc2[nH]ccc12. The summed E-state index contributed by atoms with van der Waals surface area (Å²) in [6, 6.07) is 1.85. The molecule has 5 nitrogen and oxygen atoms in total. The summed E-state index contributed by atoms with van der Waals surface area (Å²) in [4.78, 5) is 23.7. The summed E-state index contributed by atoms with van der Waals surface area (Å²) in [6.07, 6.45) is 10.00. The van der Waals surface area contributed by atoms with Gasteiger partial charge >= 0.3 is 0 Å². The Balaban J connectivity index is 1.45. The van der Waals surface area contributed by atoms with Crippen LogP contribution in [0.4, 0.5) is 0 Å². The largest absolute Gasteiger partial charge is 0.350 e. The second kappa shape index (κ2) is 5.13. The predicted molar refractivity (Wildman–Crippen MR) is 79.8 cm³/mol. The molecule has 2 bridgehead atoms. The molecule has 2 N–H and O–H groups in total. The molecule has 0 aliphatic heterocycles. The van der Waals surface area contributed by atoms with Gasteiger partial charge in [0, 0.05) is 12.7 Å². The van der Waals surface area contributed by atoms with E-state index in [0.29, 0.717) is 17.3 Å². The molecule has 0 spiro atoms. The molecular formula is C16H20N4O. The molecule has 1 unspecified atom stereocenters. The van der Waals surface area contributed by atoms with Crippen molar-refractivity contribution in [1.82, 2.24) is 20.3 Å². The van der Waals surface area contributed by atoms with Gasteiger partial charge in [0.05, 0.1) is 5.39 Å². The van der Waals surface area contributed by atoms with Gasteiger partial charge in [-0.3, -0.25) is 4.79 Å². The van der Waals surface area contributed by atoms with Crippen molar-refractivity contribution in [3.8, 4) is 0 Å². The zero-order valence-electron chi connectivity index (χ0n) is 12.0. The normalized spacial score (nSPS) is 27.9. The topological polar surface area (TPSA) is 70.7 Å². The minimum atomic E-state index is -0.0801. The van der Waals surface area contributed by atoms with Crippen molar-refractivity contribution in [1.29, 1.82) is 0 Å². The fraction of sp³-hybridized carbons (Fsp3) is 0.562. The van der Waals surface area contributed by atoms with E-state index in [9.17, 15) is 4.79 Å². The van der Waals surface area contributed by atoms with E-state index in [0.717, 1.165) is 23.8 Å². The fourth-order valence-corrected chi connectivity index (χ4v) is 4.13. The Labute approximate surface area is 123 Å². The van der Waals surface area contributed by atoms with Crippen molar-refractivity contribution < 1.29 is 4.79 Å². The van der Waals surface area contributed by atoms with E-state index in [1.165, 1.54) is 38.4 Å². The smallest absolute Gasteiger partial charge is 0.270 e. The van der Waals surface area contributed by atoms with Gasteiger partial charge in [-0.05, 0) is 43.1 Å². The fourth-order valence-electron chi connectivity index (χ4n) is 4.13. The van der Waals surface area contributed by atoms with Crippen LogP contribution in [-0.2, 0) is 0 Å². The van der Waals surface area contributed by atoms with Crippen LogP contribution in [-0.4, -0.2) is 27.4 Å². The molecule has 110 valence electrons. The number of hydrogen-bond acceptors (Lipinski definition) is 3. The van der Waals surface area contributed by atoms with Gasteiger partial charge < -0.3 is 10.3 Å². The maximum atomic E-state index is 12.4. The molecule has 0 aromatic carbocycles. The highest BCUT2D eigenvalue weighted by Crippen LogP contribution is 2.44. The van der Waals surface area contributed by atoms with Crippen LogP contribution in [0.5, 0.6) is 0 Å². The lowest BCUT2D eigenvalue weighted by Gasteiger charge is -2.42. The zero-order valence-corrected chi connectivity index (χ0v) is 12.0. The Kier molecular flexibility index (Phi) is 3.13. The van der Waals surface area contributed by atoms with Crippen LogP contribution in [0.2, 0.25) is 0 Å². The summed E-state index contributed by atoms with van der Waals surface area (Å²) in [5.74, 6) is 2.29. The molecule has 1 amide bonds. The molecule has 2 heterocycles. The van der Waals surface area contributed by atoms with Gasteiger partial charge in [0.2, 0.25) is 0 Å². The first-order valence-corrected chi connectivity index (χ1v) is 7.87. The highest BCUT2D eigenvalue weighted by molar-refractivity contribution is 6.03. The van der Waals surface area contributed by atoms with Crippen LogP contribution in [0.25, 0.3) is 11.0 Å². The number of fused-ring (bicyclic) bond motifs is 4. The van der Waals surface area contributed by atoms with Crippen LogP contribution in [0.15, 0.2) is 18.6 Å². The third kappa shape index (κ3) is 2.30. The molecule has 2 aromatic rings. The van der Waals surface area contributed by atoms with Crippen LogP contribution in [0, 0.1) is 17.8 Å². The quantitative estimate of drug-likeness (QED) is 0.909. The molecular weight excluding hydrogens is 264 g/mol. The summed E-state index contributed by atoms with van der Waals surface area (Å²) < 4.78 is 0. The monoisotopic (exact) mass is 284 g/mol. The van der Waals surface area contributed by atoms with Gasteiger partial charge in [-0.15, -0.1) is 0 Å². The number of nitrogens with one attached hydrogen (secondary N) is 2. The summed E-state index contributed by atoms with van der Waals surface area (Å²) in [7, 11) is 0. The molecule has 0 radical (unpaired) electrons. The second-order valence-electron chi connectivity index (χ2n) is 6.45. The number of aromatic nitrogens is 3. The standard InChI is InChI=1S/C16H20N4O/c21-16(14-13-5-6-17-15(13)20-9-19-14)18-8-12-7-10-1-3-11(12)4-2-10/h5-6,9-12H,1-4,7-8H2,(H,18,21)(H,17,19,20). The molecule has 5 rings (SSSR count). The molecule has 2 aromatic heterocycles. The number of carbonyl (C=O) groups excluding carboxylic acids is 1. The predicted octanol–water partition coefficient (Wildman–Crippen LogP) is 2.51. The third-order valence-electron chi connectivity index (χ3n) is 5.29. The molecule has 3 aliphatic carbocycles. The van der Waals surface area contributed by atoms with Crippen molar-refractivity contribution in [3.63, 3.8) is 0 Å². The number of hydrogen-bond donors (Lipinski definition) is 2. The van der Waals surface area contributed by atoms with Gasteiger partial charge in [-0.2, -0.15) is 0 Å². The lowest BCUT2D eigenvalue weighted by molar-refractivity contribution is 0.0827. The van der Waals surface area contributed by atoms with Crippen LogP contribution < -0.4 is 5.32 Å². The van der Waals surface area contributed by atoms with Gasteiger partial charge in [0.15, 0.2) is 0 Å². The van der Waals surface area contributed by atoms with Crippen molar-refractivity contribution in [2.75, 3.05) is 6.54 Å². The number of aromatic amines is 1. The van der Waals surface area contributed by atoms with E-state index >= 15 is 0 Å².